The zero-order valence-electron chi connectivity index (χ0n) is 16.0. The Balaban J connectivity index is 3.22. The molecule has 25 heavy (non-hydrogen) atoms. The summed E-state index contributed by atoms with van der Waals surface area (Å²) in [6.45, 7) is 4.32. The van der Waals surface area contributed by atoms with E-state index in [9.17, 15) is 4.79 Å². The summed E-state index contributed by atoms with van der Waals surface area (Å²) >= 11 is 0. The van der Waals surface area contributed by atoms with Gasteiger partial charge in [0.15, 0.2) is 0 Å². The third-order valence-electron chi connectivity index (χ3n) is 3.91. The molecule has 0 spiro atoms. The Bertz CT molecular complexity index is 552. The molecule has 0 amide bonds. The van der Waals surface area contributed by atoms with Crippen LogP contribution in [-0.4, -0.2) is 33.9 Å². The molecule has 0 heterocycles. The predicted octanol–water partition coefficient (Wildman–Crippen LogP) is 4.63. The van der Waals surface area contributed by atoms with Crippen molar-refractivity contribution >= 4 is 12.0 Å². The largest absolute Gasteiger partial charge is 0.496 e. The smallest absolute Gasteiger partial charge is 0.334 e. The summed E-state index contributed by atoms with van der Waals surface area (Å²) in [5.41, 5.74) is 1.34. The first kappa shape index (κ1) is 20.9. The maximum absolute atomic E-state index is 12.3. The molecule has 140 valence electrons. The molecule has 0 aromatic heterocycles. The second-order valence-corrected chi connectivity index (χ2v) is 5.65. The monoisotopic (exact) mass is 350 g/mol. The number of hydrogen-bond acceptors (Lipinski definition) is 5. The zero-order chi connectivity index (χ0) is 18.7. The van der Waals surface area contributed by atoms with Crippen molar-refractivity contribution in [2.45, 2.75) is 46.0 Å². The fourth-order valence-corrected chi connectivity index (χ4v) is 2.55. The molecule has 0 aliphatic rings. The Morgan fingerprint density at radius 2 is 1.60 bits per heavy atom. The van der Waals surface area contributed by atoms with Gasteiger partial charge in [-0.2, -0.15) is 0 Å². The molecule has 0 fully saturated rings. The average Bonchev–Trinajstić information content (AvgIpc) is 2.63. The number of unbranched alkanes of at least 4 members (excludes halogenated alkanes) is 3. The number of benzene rings is 1. The quantitative estimate of drug-likeness (QED) is 0.331. The topological polar surface area (TPSA) is 54.0 Å². The van der Waals surface area contributed by atoms with Crippen molar-refractivity contribution in [2.24, 2.45) is 0 Å². The van der Waals surface area contributed by atoms with Crippen LogP contribution in [0.3, 0.4) is 0 Å². The van der Waals surface area contributed by atoms with Crippen LogP contribution in [0.15, 0.2) is 17.7 Å². The molecule has 0 atom stereocenters. The normalized spacial score (nSPS) is 11.2. The molecule has 0 unspecified atom stereocenters. The maximum Gasteiger partial charge on any atom is 0.334 e. The van der Waals surface area contributed by atoms with Gasteiger partial charge in [-0.05, 0) is 25.8 Å². The third kappa shape index (κ3) is 6.33. The predicted molar refractivity (Wildman–Crippen MR) is 99.5 cm³/mol. The summed E-state index contributed by atoms with van der Waals surface area (Å²) < 4.78 is 21.4. The Morgan fingerprint density at radius 1 is 0.960 bits per heavy atom. The van der Waals surface area contributed by atoms with Crippen molar-refractivity contribution in [1.82, 2.24) is 0 Å². The standard InChI is InChI=1S/C20H30O5/c1-6-8-9-10-11-15(20(21)25-7-2)12-17-18(23-4)13-16(22-3)14-19(17)24-5/h12-14H,6-11H2,1-5H3. The van der Waals surface area contributed by atoms with Gasteiger partial charge in [0.2, 0.25) is 0 Å². The summed E-state index contributed by atoms with van der Waals surface area (Å²) in [6, 6.07) is 3.54. The third-order valence-corrected chi connectivity index (χ3v) is 3.91. The molecular weight excluding hydrogens is 320 g/mol. The molecule has 0 N–H and O–H groups in total. The molecule has 5 nitrogen and oxygen atoms in total. The number of ether oxygens (including phenoxy) is 4. The maximum atomic E-state index is 12.3. The molecule has 1 aromatic rings. The lowest BCUT2D eigenvalue weighted by atomic mass is 10.0. The molecule has 1 aromatic carbocycles. The van der Waals surface area contributed by atoms with Gasteiger partial charge in [0.1, 0.15) is 17.2 Å². The van der Waals surface area contributed by atoms with E-state index in [2.05, 4.69) is 6.92 Å². The van der Waals surface area contributed by atoms with Gasteiger partial charge in [-0.25, -0.2) is 4.79 Å². The summed E-state index contributed by atoms with van der Waals surface area (Å²) in [5.74, 6) is 1.52. The van der Waals surface area contributed by atoms with Crippen LogP contribution in [0.5, 0.6) is 17.2 Å². The highest BCUT2D eigenvalue weighted by molar-refractivity contribution is 5.94. The van der Waals surface area contributed by atoms with Gasteiger partial charge in [0.05, 0.1) is 33.5 Å². The van der Waals surface area contributed by atoms with Gasteiger partial charge < -0.3 is 18.9 Å². The van der Waals surface area contributed by atoms with Gasteiger partial charge in [-0.1, -0.05) is 26.2 Å². The van der Waals surface area contributed by atoms with Crippen molar-refractivity contribution < 1.29 is 23.7 Å². The molecule has 1 rings (SSSR count). The van der Waals surface area contributed by atoms with Crippen molar-refractivity contribution in [2.75, 3.05) is 27.9 Å². The summed E-state index contributed by atoms with van der Waals surface area (Å²) in [4.78, 5) is 12.3. The minimum atomic E-state index is -0.293. The SMILES string of the molecule is CCCCCCC(=Cc1c(OC)cc(OC)cc1OC)C(=O)OCC. The van der Waals surface area contributed by atoms with Crippen LogP contribution >= 0.6 is 0 Å². The number of hydrogen-bond donors (Lipinski definition) is 0. The summed E-state index contributed by atoms with van der Waals surface area (Å²) in [6.07, 6.45) is 6.81. The molecular formula is C20H30O5. The van der Waals surface area contributed by atoms with E-state index in [0.29, 0.717) is 41.4 Å². The van der Waals surface area contributed by atoms with E-state index in [0.717, 1.165) is 25.7 Å². The highest BCUT2D eigenvalue weighted by Gasteiger charge is 2.16. The van der Waals surface area contributed by atoms with Gasteiger partial charge in [-0.15, -0.1) is 0 Å². The molecule has 0 saturated carbocycles. The van der Waals surface area contributed by atoms with Gasteiger partial charge in [0.25, 0.3) is 0 Å². The van der Waals surface area contributed by atoms with E-state index in [4.69, 9.17) is 18.9 Å². The summed E-state index contributed by atoms with van der Waals surface area (Å²) in [5, 5.41) is 0. The van der Waals surface area contributed by atoms with Crippen LogP contribution < -0.4 is 14.2 Å². The van der Waals surface area contributed by atoms with Crippen LogP contribution in [0.2, 0.25) is 0 Å². The fraction of sp³-hybridized carbons (Fsp3) is 0.550. The van der Waals surface area contributed by atoms with Crippen LogP contribution in [-0.2, 0) is 9.53 Å². The number of esters is 1. The van der Waals surface area contributed by atoms with E-state index in [1.54, 1.807) is 46.5 Å². The van der Waals surface area contributed by atoms with Crippen LogP contribution in [0.1, 0.15) is 51.5 Å². The minimum absolute atomic E-state index is 0.293. The van der Waals surface area contributed by atoms with Gasteiger partial charge in [-0.3, -0.25) is 0 Å². The fourth-order valence-electron chi connectivity index (χ4n) is 2.55. The van der Waals surface area contributed by atoms with Crippen molar-refractivity contribution in [3.8, 4) is 17.2 Å². The molecule has 0 aliphatic heterocycles. The van der Waals surface area contributed by atoms with Crippen molar-refractivity contribution in [3.05, 3.63) is 23.3 Å². The zero-order valence-corrected chi connectivity index (χ0v) is 16.0. The van der Waals surface area contributed by atoms with Gasteiger partial charge in [0, 0.05) is 17.7 Å². The Labute approximate surface area is 150 Å². The second-order valence-electron chi connectivity index (χ2n) is 5.65. The van der Waals surface area contributed by atoms with Crippen molar-refractivity contribution in [3.63, 3.8) is 0 Å². The Morgan fingerprint density at radius 3 is 2.08 bits per heavy atom. The van der Waals surface area contributed by atoms with E-state index in [1.807, 2.05) is 0 Å². The second kappa shape index (κ2) is 11.4. The first-order valence-corrected chi connectivity index (χ1v) is 8.78. The Kier molecular flexibility index (Phi) is 9.51. The molecule has 0 saturated heterocycles. The van der Waals surface area contributed by atoms with E-state index >= 15 is 0 Å². The van der Waals surface area contributed by atoms with Crippen LogP contribution in [0.4, 0.5) is 0 Å². The minimum Gasteiger partial charge on any atom is -0.496 e. The van der Waals surface area contributed by atoms with Crippen LogP contribution in [0, 0.1) is 0 Å². The lowest BCUT2D eigenvalue weighted by molar-refractivity contribution is -0.138. The Hall–Kier alpha value is -2.17. The first-order chi connectivity index (χ1) is 12.1. The van der Waals surface area contributed by atoms with Crippen LogP contribution in [0.25, 0.3) is 6.08 Å². The number of carbonyl (C=O) groups excluding carboxylic acids is 1. The number of methoxy groups -OCH3 is 3. The molecule has 0 bridgehead atoms. The highest BCUT2D eigenvalue weighted by atomic mass is 16.5. The number of carbonyl (C=O) groups is 1. The number of rotatable bonds is 11. The highest BCUT2D eigenvalue weighted by Crippen LogP contribution is 2.36. The average molecular weight is 350 g/mol. The summed E-state index contributed by atoms with van der Waals surface area (Å²) in [7, 11) is 4.75. The van der Waals surface area contributed by atoms with E-state index in [-0.39, 0.29) is 5.97 Å². The van der Waals surface area contributed by atoms with E-state index < -0.39 is 0 Å². The lowest BCUT2D eigenvalue weighted by Crippen LogP contribution is -2.08. The first-order valence-electron chi connectivity index (χ1n) is 8.78. The van der Waals surface area contributed by atoms with Crippen molar-refractivity contribution in [1.29, 1.82) is 0 Å². The van der Waals surface area contributed by atoms with E-state index in [1.165, 1.54) is 0 Å². The van der Waals surface area contributed by atoms with Gasteiger partial charge >= 0.3 is 5.97 Å². The molecule has 0 aliphatic carbocycles. The molecule has 0 radical (unpaired) electrons. The molecule has 5 heteroatoms. The lowest BCUT2D eigenvalue weighted by Gasteiger charge is -2.14.